The lowest BCUT2D eigenvalue weighted by molar-refractivity contribution is 0.417. The third-order valence-corrected chi connectivity index (χ3v) is 3.77. The van der Waals surface area contributed by atoms with Gasteiger partial charge in [-0.2, -0.15) is 0 Å². The first-order valence-electron chi connectivity index (χ1n) is 6.76. The smallest absolute Gasteiger partial charge is 0.0600 e. The van der Waals surface area contributed by atoms with Crippen molar-refractivity contribution in [2.45, 2.75) is 51.6 Å². The number of nitrogens with two attached hydrogens (primary N) is 1. The Balaban J connectivity index is 2.21. The predicted molar refractivity (Wildman–Crippen MR) is 72.0 cm³/mol. The highest BCUT2D eigenvalue weighted by Gasteiger charge is 2.21. The molecule has 1 heterocycles. The van der Waals surface area contributed by atoms with Crippen molar-refractivity contribution in [1.29, 1.82) is 0 Å². The van der Waals surface area contributed by atoms with Gasteiger partial charge in [-0.15, -0.1) is 0 Å². The third kappa shape index (κ3) is 2.78. The molecular formula is C14H23N3. The SMILES string of the molecule is CCN(c1cnccc1CN)C1CCCCC1. The van der Waals surface area contributed by atoms with Crippen molar-refractivity contribution in [2.75, 3.05) is 11.4 Å². The lowest BCUT2D eigenvalue weighted by Crippen LogP contribution is -2.37. The molecule has 2 rings (SSSR count). The molecule has 0 spiro atoms. The molecule has 1 aromatic heterocycles. The quantitative estimate of drug-likeness (QED) is 0.869. The van der Waals surface area contributed by atoms with E-state index in [4.69, 9.17) is 5.73 Å². The number of aromatic nitrogens is 1. The van der Waals surface area contributed by atoms with Crippen molar-refractivity contribution >= 4 is 5.69 Å². The van der Waals surface area contributed by atoms with Gasteiger partial charge >= 0.3 is 0 Å². The summed E-state index contributed by atoms with van der Waals surface area (Å²) < 4.78 is 0. The van der Waals surface area contributed by atoms with Gasteiger partial charge in [-0.3, -0.25) is 4.98 Å². The van der Waals surface area contributed by atoms with Gasteiger partial charge in [0.05, 0.1) is 11.9 Å². The van der Waals surface area contributed by atoms with E-state index in [1.807, 2.05) is 18.5 Å². The summed E-state index contributed by atoms with van der Waals surface area (Å²) in [6.07, 6.45) is 10.5. The Bertz CT molecular complexity index is 345. The molecule has 1 aliphatic carbocycles. The van der Waals surface area contributed by atoms with E-state index in [0.29, 0.717) is 12.6 Å². The minimum Gasteiger partial charge on any atom is -0.367 e. The summed E-state index contributed by atoms with van der Waals surface area (Å²) in [5.41, 5.74) is 8.27. The summed E-state index contributed by atoms with van der Waals surface area (Å²) in [6, 6.07) is 2.73. The first-order chi connectivity index (χ1) is 8.36. The van der Waals surface area contributed by atoms with Gasteiger partial charge in [-0.25, -0.2) is 0 Å². The van der Waals surface area contributed by atoms with Crippen LogP contribution in [0.4, 0.5) is 5.69 Å². The number of hydrogen-bond acceptors (Lipinski definition) is 3. The Hall–Kier alpha value is -1.09. The van der Waals surface area contributed by atoms with Crippen molar-refractivity contribution in [3.8, 4) is 0 Å². The maximum absolute atomic E-state index is 5.82. The predicted octanol–water partition coefficient (Wildman–Crippen LogP) is 2.70. The molecule has 1 fully saturated rings. The average molecular weight is 233 g/mol. The molecule has 0 bridgehead atoms. The van der Waals surface area contributed by atoms with Crippen molar-refractivity contribution in [1.82, 2.24) is 4.98 Å². The van der Waals surface area contributed by atoms with Crippen LogP contribution in [0.15, 0.2) is 18.5 Å². The minimum atomic E-state index is 0.598. The topological polar surface area (TPSA) is 42.2 Å². The van der Waals surface area contributed by atoms with Crippen LogP contribution in [0.1, 0.15) is 44.6 Å². The molecule has 3 nitrogen and oxygen atoms in total. The number of anilines is 1. The lowest BCUT2D eigenvalue weighted by Gasteiger charge is -2.36. The van der Waals surface area contributed by atoms with Crippen LogP contribution in [-0.4, -0.2) is 17.6 Å². The Morgan fingerprint density at radius 2 is 2.12 bits per heavy atom. The fourth-order valence-electron chi connectivity index (χ4n) is 2.86. The van der Waals surface area contributed by atoms with Gasteiger partial charge in [-0.05, 0) is 31.4 Å². The second-order valence-electron chi connectivity index (χ2n) is 4.79. The molecule has 3 heteroatoms. The van der Waals surface area contributed by atoms with Gasteiger partial charge in [0.1, 0.15) is 0 Å². The van der Waals surface area contributed by atoms with Crippen LogP contribution in [0.5, 0.6) is 0 Å². The minimum absolute atomic E-state index is 0.598. The normalized spacial score (nSPS) is 17.1. The zero-order valence-electron chi connectivity index (χ0n) is 10.7. The molecule has 0 atom stereocenters. The molecule has 1 aliphatic rings. The molecule has 0 aliphatic heterocycles. The second-order valence-corrected chi connectivity index (χ2v) is 4.79. The van der Waals surface area contributed by atoms with E-state index in [1.54, 1.807) is 0 Å². The van der Waals surface area contributed by atoms with Crippen LogP contribution in [0.2, 0.25) is 0 Å². The largest absolute Gasteiger partial charge is 0.367 e. The fraction of sp³-hybridized carbons (Fsp3) is 0.643. The van der Waals surface area contributed by atoms with Gasteiger partial charge < -0.3 is 10.6 Å². The molecule has 0 amide bonds. The highest BCUT2D eigenvalue weighted by molar-refractivity contribution is 5.52. The van der Waals surface area contributed by atoms with Gasteiger partial charge in [0.25, 0.3) is 0 Å². The molecular weight excluding hydrogens is 210 g/mol. The molecule has 94 valence electrons. The molecule has 0 saturated heterocycles. The van der Waals surface area contributed by atoms with Crippen molar-refractivity contribution < 1.29 is 0 Å². The Morgan fingerprint density at radius 3 is 2.76 bits per heavy atom. The molecule has 2 N–H and O–H groups in total. The van der Waals surface area contributed by atoms with E-state index in [0.717, 1.165) is 6.54 Å². The number of rotatable bonds is 4. The van der Waals surface area contributed by atoms with Crippen LogP contribution >= 0.6 is 0 Å². The molecule has 1 aromatic rings. The first kappa shape index (κ1) is 12.4. The summed E-state index contributed by atoms with van der Waals surface area (Å²) in [6.45, 7) is 3.87. The number of nitrogens with zero attached hydrogens (tertiary/aromatic N) is 2. The summed E-state index contributed by atoms with van der Waals surface area (Å²) in [5, 5.41) is 0. The van der Waals surface area contributed by atoms with E-state index >= 15 is 0 Å². The zero-order chi connectivity index (χ0) is 12.1. The van der Waals surface area contributed by atoms with Crippen LogP contribution in [0, 0.1) is 0 Å². The van der Waals surface area contributed by atoms with Gasteiger partial charge in [0, 0.05) is 25.3 Å². The lowest BCUT2D eigenvalue weighted by atomic mass is 9.93. The van der Waals surface area contributed by atoms with Crippen molar-refractivity contribution in [3.63, 3.8) is 0 Å². The maximum Gasteiger partial charge on any atom is 0.0600 e. The van der Waals surface area contributed by atoms with Crippen LogP contribution < -0.4 is 10.6 Å². The van der Waals surface area contributed by atoms with Crippen LogP contribution in [0.3, 0.4) is 0 Å². The van der Waals surface area contributed by atoms with Gasteiger partial charge in [0.15, 0.2) is 0 Å². The van der Waals surface area contributed by atoms with Crippen molar-refractivity contribution in [2.24, 2.45) is 5.73 Å². The standard InChI is InChI=1S/C14H23N3/c1-2-17(13-6-4-3-5-7-13)14-11-16-9-8-12(14)10-15/h8-9,11,13H,2-7,10,15H2,1H3. The number of pyridine rings is 1. The van der Waals surface area contributed by atoms with E-state index in [9.17, 15) is 0 Å². The van der Waals surface area contributed by atoms with Gasteiger partial charge in [-0.1, -0.05) is 19.3 Å². The van der Waals surface area contributed by atoms with Crippen molar-refractivity contribution in [3.05, 3.63) is 24.0 Å². The highest BCUT2D eigenvalue weighted by atomic mass is 15.2. The highest BCUT2D eigenvalue weighted by Crippen LogP contribution is 2.28. The molecule has 0 unspecified atom stereocenters. The summed E-state index contributed by atoms with van der Waals surface area (Å²) in [5.74, 6) is 0. The van der Waals surface area contributed by atoms with E-state index in [-0.39, 0.29) is 0 Å². The third-order valence-electron chi connectivity index (χ3n) is 3.77. The summed E-state index contributed by atoms with van der Waals surface area (Å²) >= 11 is 0. The Labute approximate surface area is 104 Å². The van der Waals surface area contributed by atoms with Gasteiger partial charge in [0.2, 0.25) is 0 Å². The molecule has 1 saturated carbocycles. The van der Waals surface area contributed by atoms with E-state index in [1.165, 1.54) is 43.4 Å². The van der Waals surface area contributed by atoms with E-state index < -0.39 is 0 Å². The Morgan fingerprint density at radius 1 is 1.35 bits per heavy atom. The number of hydrogen-bond donors (Lipinski definition) is 1. The Kier molecular flexibility index (Phi) is 4.37. The summed E-state index contributed by atoms with van der Waals surface area (Å²) in [4.78, 5) is 6.75. The average Bonchev–Trinajstić information content (AvgIpc) is 2.41. The summed E-state index contributed by atoms with van der Waals surface area (Å²) in [7, 11) is 0. The molecule has 0 radical (unpaired) electrons. The first-order valence-corrected chi connectivity index (χ1v) is 6.76. The van der Waals surface area contributed by atoms with Crippen LogP contribution in [-0.2, 0) is 6.54 Å². The zero-order valence-corrected chi connectivity index (χ0v) is 10.7. The monoisotopic (exact) mass is 233 g/mol. The fourth-order valence-corrected chi connectivity index (χ4v) is 2.86. The molecule has 17 heavy (non-hydrogen) atoms. The second kappa shape index (κ2) is 6.01. The maximum atomic E-state index is 5.82. The molecule has 0 aromatic carbocycles. The van der Waals surface area contributed by atoms with Crippen LogP contribution in [0.25, 0.3) is 0 Å². The van der Waals surface area contributed by atoms with E-state index in [2.05, 4.69) is 16.8 Å².